The number of nitrogen functional groups attached to an aromatic ring is 2. The molecular weight excluding hydrogens is 380 g/mol. The topological polar surface area (TPSA) is 61.3 Å². The molecule has 0 aliphatic rings. The van der Waals surface area contributed by atoms with Crippen molar-refractivity contribution in [2.45, 2.75) is 97.8 Å². The number of para-hydroxylation sites is 2. The molecule has 174 valence electrons. The highest BCUT2D eigenvalue weighted by molar-refractivity contribution is 5.51. The van der Waals surface area contributed by atoms with E-state index in [9.17, 15) is 0 Å². The minimum Gasteiger partial charge on any atom is -0.491 e. The number of rotatable bonds is 14. The lowest BCUT2D eigenvalue weighted by atomic mass is 10.1. The molecule has 31 heavy (non-hydrogen) atoms. The Morgan fingerprint density at radius 1 is 0.645 bits per heavy atom. The Bertz CT molecular complexity index is 649. The van der Waals surface area contributed by atoms with Crippen LogP contribution in [0.15, 0.2) is 42.5 Å². The average molecular weight is 427 g/mol. The molecule has 0 bridgehead atoms. The van der Waals surface area contributed by atoms with Crippen molar-refractivity contribution in [1.29, 1.82) is 0 Å². The maximum absolute atomic E-state index is 5.84. The molecule has 0 unspecified atom stereocenters. The summed E-state index contributed by atoms with van der Waals surface area (Å²) in [6, 6.07) is 13.8. The highest BCUT2D eigenvalue weighted by Gasteiger charge is 1.98. The van der Waals surface area contributed by atoms with Gasteiger partial charge in [0.15, 0.2) is 0 Å². The zero-order valence-electron chi connectivity index (χ0n) is 20.3. The van der Waals surface area contributed by atoms with Gasteiger partial charge in [0.05, 0.1) is 12.3 Å². The lowest BCUT2D eigenvalue weighted by molar-refractivity contribution is 0.306. The highest BCUT2D eigenvalue weighted by Crippen LogP contribution is 2.20. The Kier molecular flexibility index (Phi) is 15.2. The Hall–Kier alpha value is -2.16. The van der Waals surface area contributed by atoms with E-state index in [1.165, 1.54) is 81.8 Å². The van der Waals surface area contributed by atoms with Gasteiger partial charge in [0.2, 0.25) is 0 Å². The fraction of sp³-hybridized carbons (Fsp3) is 0.571. The minimum absolute atomic E-state index is 0.737. The second-order valence-electron chi connectivity index (χ2n) is 8.70. The van der Waals surface area contributed by atoms with E-state index < -0.39 is 0 Å². The first-order valence-corrected chi connectivity index (χ1v) is 12.3. The standard InChI is InChI=1S/C20H35NO.C8H11N/c1-2-3-4-5-6-7-8-9-10-11-12-15-18-22-20-17-14-13-16-19(20)21;1-6-3-7(2)5-8(9)4-6/h13-14,16-17H,2-12,15,18,21H2,1H3;3-5H,9H2,1-2H3. The van der Waals surface area contributed by atoms with Gasteiger partial charge in [-0.2, -0.15) is 0 Å². The fourth-order valence-corrected chi connectivity index (χ4v) is 3.75. The molecule has 0 radical (unpaired) electrons. The monoisotopic (exact) mass is 426 g/mol. The molecule has 2 aromatic carbocycles. The summed E-state index contributed by atoms with van der Waals surface area (Å²) in [4.78, 5) is 0. The van der Waals surface area contributed by atoms with Crippen molar-refractivity contribution in [2.24, 2.45) is 0 Å². The number of hydrogen-bond donors (Lipinski definition) is 2. The molecule has 0 saturated heterocycles. The van der Waals surface area contributed by atoms with Crippen LogP contribution in [0.4, 0.5) is 11.4 Å². The Morgan fingerprint density at radius 2 is 1.13 bits per heavy atom. The fourth-order valence-electron chi connectivity index (χ4n) is 3.75. The number of aryl methyl sites for hydroxylation is 2. The van der Waals surface area contributed by atoms with Crippen LogP contribution in [0.1, 0.15) is 95.1 Å². The second-order valence-corrected chi connectivity index (χ2v) is 8.70. The zero-order valence-corrected chi connectivity index (χ0v) is 20.3. The van der Waals surface area contributed by atoms with E-state index in [-0.39, 0.29) is 0 Å². The first-order chi connectivity index (χ1) is 15.0. The van der Waals surface area contributed by atoms with Crippen LogP contribution in [-0.2, 0) is 0 Å². The van der Waals surface area contributed by atoms with E-state index in [0.717, 1.165) is 30.2 Å². The lowest BCUT2D eigenvalue weighted by Gasteiger charge is -2.08. The van der Waals surface area contributed by atoms with E-state index in [0.29, 0.717) is 0 Å². The Balaban J connectivity index is 0.000000442. The molecule has 0 amide bonds. The predicted molar refractivity (Wildman–Crippen MR) is 138 cm³/mol. The summed E-state index contributed by atoms with van der Waals surface area (Å²) in [6.45, 7) is 7.15. The SMILES string of the molecule is CCCCCCCCCCCCCCOc1ccccc1N.Cc1cc(C)cc(N)c1. The molecule has 0 heterocycles. The van der Waals surface area contributed by atoms with E-state index in [1.807, 2.05) is 50.2 Å². The number of nitrogens with two attached hydrogens (primary N) is 2. The quantitative estimate of drug-likeness (QED) is 0.236. The van der Waals surface area contributed by atoms with Gasteiger partial charge in [-0.3, -0.25) is 0 Å². The minimum atomic E-state index is 0.737. The van der Waals surface area contributed by atoms with Crippen molar-refractivity contribution in [2.75, 3.05) is 18.1 Å². The van der Waals surface area contributed by atoms with Crippen molar-refractivity contribution in [1.82, 2.24) is 0 Å². The van der Waals surface area contributed by atoms with E-state index in [1.54, 1.807) is 0 Å². The summed E-state index contributed by atoms with van der Waals surface area (Å²) in [5.41, 5.74) is 15.5. The summed E-state index contributed by atoms with van der Waals surface area (Å²) in [6.07, 6.45) is 16.4. The molecule has 0 atom stereocenters. The molecule has 2 aromatic rings. The molecule has 0 saturated carbocycles. The smallest absolute Gasteiger partial charge is 0.142 e. The Labute approximate surface area is 191 Å². The number of ether oxygens (including phenoxy) is 1. The van der Waals surface area contributed by atoms with Gasteiger partial charge < -0.3 is 16.2 Å². The molecular formula is C28H46N2O. The van der Waals surface area contributed by atoms with E-state index >= 15 is 0 Å². The number of unbranched alkanes of at least 4 members (excludes halogenated alkanes) is 11. The molecule has 2 rings (SSSR count). The third-order valence-corrected chi connectivity index (χ3v) is 5.42. The molecule has 0 aromatic heterocycles. The molecule has 0 fully saturated rings. The van der Waals surface area contributed by atoms with Crippen LogP contribution in [0.25, 0.3) is 0 Å². The molecule has 4 N–H and O–H groups in total. The van der Waals surface area contributed by atoms with Crippen LogP contribution >= 0.6 is 0 Å². The summed E-state index contributed by atoms with van der Waals surface area (Å²) in [7, 11) is 0. The van der Waals surface area contributed by atoms with Gasteiger partial charge >= 0.3 is 0 Å². The molecule has 0 aliphatic heterocycles. The maximum atomic E-state index is 5.84. The van der Waals surface area contributed by atoms with E-state index in [4.69, 9.17) is 16.2 Å². The molecule has 0 aliphatic carbocycles. The van der Waals surface area contributed by atoms with Crippen LogP contribution in [0, 0.1) is 13.8 Å². The van der Waals surface area contributed by atoms with Gasteiger partial charge in [0, 0.05) is 5.69 Å². The van der Waals surface area contributed by atoms with Gasteiger partial charge in [-0.25, -0.2) is 0 Å². The lowest BCUT2D eigenvalue weighted by Crippen LogP contribution is -2.00. The Morgan fingerprint density at radius 3 is 1.61 bits per heavy atom. The van der Waals surface area contributed by atoms with Gasteiger partial charge in [0.25, 0.3) is 0 Å². The van der Waals surface area contributed by atoms with Crippen LogP contribution in [0.5, 0.6) is 5.75 Å². The largest absolute Gasteiger partial charge is 0.491 e. The third-order valence-electron chi connectivity index (χ3n) is 5.42. The summed E-state index contributed by atoms with van der Waals surface area (Å²) < 4.78 is 5.70. The van der Waals surface area contributed by atoms with Crippen LogP contribution in [-0.4, -0.2) is 6.61 Å². The maximum Gasteiger partial charge on any atom is 0.142 e. The summed E-state index contributed by atoms with van der Waals surface area (Å²) in [5.74, 6) is 0.825. The first kappa shape index (κ1) is 26.9. The number of hydrogen-bond acceptors (Lipinski definition) is 3. The summed E-state index contributed by atoms with van der Waals surface area (Å²) in [5, 5.41) is 0. The molecule has 0 spiro atoms. The number of benzene rings is 2. The van der Waals surface area contributed by atoms with E-state index in [2.05, 4.69) is 13.0 Å². The van der Waals surface area contributed by atoms with Gasteiger partial charge in [-0.1, -0.05) is 95.8 Å². The van der Waals surface area contributed by atoms with Crippen LogP contribution in [0.2, 0.25) is 0 Å². The predicted octanol–water partition coefficient (Wildman–Crippen LogP) is 8.23. The molecule has 3 nitrogen and oxygen atoms in total. The second kappa shape index (κ2) is 17.5. The van der Waals surface area contributed by atoms with Crippen LogP contribution < -0.4 is 16.2 Å². The molecule has 3 heteroatoms. The van der Waals surface area contributed by atoms with Crippen molar-refractivity contribution in [3.63, 3.8) is 0 Å². The van der Waals surface area contributed by atoms with Crippen molar-refractivity contribution < 1.29 is 4.74 Å². The first-order valence-electron chi connectivity index (χ1n) is 12.3. The zero-order chi connectivity index (χ0) is 22.7. The van der Waals surface area contributed by atoms with Crippen LogP contribution in [0.3, 0.4) is 0 Å². The normalized spacial score (nSPS) is 10.4. The highest BCUT2D eigenvalue weighted by atomic mass is 16.5. The van der Waals surface area contributed by atoms with Gasteiger partial charge in [-0.15, -0.1) is 0 Å². The van der Waals surface area contributed by atoms with Crippen molar-refractivity contribution >= 4 is 11.4 Å². The van der Waals surface area contributed by atoms with Crippen molar-refractivity contribution in [3.05, 3.63) is 53.6 Å². The van der Waals surface area contributed by atoms with Crippen molar-refractivity contribution in [3.8, 4) is 5.75 Å². The third kappa shape index (κ3) is 14.5. The number of anilines is 2. The van der Waals surface area contributed by atoms with Gasteiger partial charge in [-0.05, 0) is 55.7 Å². The average Bonchev–Trinajstić information content (AvgIpc) is 2.72. The van der Waals surface area contributed by atoms with Gasteiger partial charge in [0.1, 0.15) is 5.75 Å². The summed E-state index contributed by atoms with van der Waals surface area (Å²) >= 11 is 0.